The number of aromatic nitrogens is 4. The lowest BCUT2D eigenvalue weighted by molar-refractivity contribution is -0.117. The maximum atomic E-state index is 12.1. The number of hydrogen-bond donors (Lipinski definition) is 0. The van der Waals surface area contributed by atoms with Crippen molar-refractivity contribution < 1.29 is 28.1 Å². The Morgan fingerprint density at radius 2 is 1.83 bits per heavy atom. The van der Waals surface area contributed by atoms with Crippen molar-refractivity contribution >= 4 is 36.6 Å². The molecule has 0 bridgehead atoms. The quantitative estimate of drug-likeness (QED) is 0.187. The molecule has 11 nitrogen and oxygen atoms in total. The summed E-state index contributed by atoms with van der Waals surface area (Å²) in [5.41, 5.74) is 1.89. The normalized spacial score (nSPS) is 22.5. The Kier molecular flexibility index (Phi) is 12.9. The summed E-state index contributed by atoms with van der Waals surface area (Å²) in [6, 6.07) is 0.386. The number of thioether (sulfide) groups is 1. The third-order valence-electron chi connectivity index (χ3n) is 6.74. The molecule has 0 aliphatic carbocycles. The van der Waals surface area contributed by atoms with E-state index < -0.39 is 20.9 Å². The second-order valence-electron chi connectivity index (χ2n) is 11.7. The lowest BCUT2D eigenvalue weighted by Crippen LogP contribution is -2.39. The monoisotopic (exact) mass is 613 g/mol. The number of aryl methyl sites for hydroxylation is 1. The first kappa shape index (κ1) is 34.3. The number of methoxy groups -OCH3 is 1. The maximum absolute atomic E-state index is 12.1. The molecular formula is C28H48N5O6PS. The van der Waals surface area contributed by atoms with Gasteiger partial charge in [0.25, 0.3) is 8.53 Å². The number of fused-ring (bicyclic) bond motifs is 1. The van der Waals surface area contributed by atoms with Crippen LogP contribution < -0.4 is 0 Å². The number of carbonyl (C=O) groups is 1. The molecule has 2 aromatic rings. The first-order chi connectivity index (χ1) is 19.4. The Labute approximate surface area is 250 Å². The van der Waals surface area contributed by atoms with Crippen LogP contribution in [0.25, 0.3) is 11.2 Å². The summed E-state index contributed by atoms with van der Waals surface area (Å²) in [7, 11) is 0.216. The number of rotatable bonds is 15. The summed E-state index contributed by atoms with van der Waals surface area (Å²) < 4.78 is 35.7. The van der Waals surface area contributed by atoms with Crippen molar-refractivity contribution in [3.05, 3.63) is 18.3 Å². The average molecular weight is 614 g/mol. The van der Waals surface area contributed by atoms with Crippen LogP contribution in [0.4, 0.5) is 0 Å². The van der Waals surface area contributed by atoms with Crippen LogP contribution in [0.15, 0.2) is 12.7 Å². The van der Waals surface area contributed by atoms with E-state index in [1.165, 1.54) is 18.1 Å². The zero-order chi connectivity index (χ0) is 30.3. The Morgan fingerprint density at radius 1 is 1.12 bits per heavy atom. The highest BCUT2D eigenvalue weighted by Gasteiger charge is 2.49. The van der Waals surface area contributed by atoms with Gasteiger partial charge in [-0.25, -0.2) is 19.6 Å². The predicted molar refractivity (Wildman–Crippen MR) is 163 cm³/mol. The second-order valence-corrected chi connectivity index (χ2v) is 14.1. The molecule has 1 aliphatic heterocycles. The zero-order valence-corrected chi connectivity index (χ0v) is 27.9. The molecule has 3 rings (SSSR count). The van der Waals surface area contributed by atoms with Gasteiger partial charge in [0, 0.05) is 30.4 Å². The molecule has 0 spiro atoms. The van der Waals surface area contributed by atoms with Gasteiger partial charge in [0.2, 0.25) is 0 Å². The first-order valence-corrected chi connectivity index (χ1v) is 16.5. The van der Waals surface area contributed by atoms with Crippen molar-refractivity contribution in [3.63, 3.8) is 0 Å². The smallest absolute Gasteiger partial charge is 0.259 e. The molecule has 3 heterocycles. The lowest BCUT2D eigenvalue weighted by atomic mass is 10.00. The van der Waals surface area contributed by atoms with E-state index in [2.05, 4.69) is 54.2 Å². The van der Waals surface area contributed by atoms with E-state index in [0.717, 1.165) is 17.6 Å². The highest BCUT2D eigenvalue weighted by atomic mass is 32.2. The molecule has 5 atom stereocenters. The maximum Gasteiger partial charge on any atom is 0.259 e. The molecule has 0 N–H and O–H groups in total. The molecule has 13 heteroatoms. The molecule has 0 saturated carbocycles. The predicted octanol–water partition coefficient (Wildman–Crippen LogP) is 5.53. The topological polar surface area (TPSA) is 110 Å². The third-order valence-corrected chi connectivity index (χ3v) is 10.1. The Bertz CT molecular complexity index is 1110. The third kappa shape index (κ3) is 8.66. The minimum atomic E-state index is -1.46. The largest absolute Gasteiger partial charge is 0.378 e. The van der Waals surface area contributed by atoms with Crippen molar-refractivity contribution in [1.29, 1.82) is 0 Å². The van der Waals surface area contributed by atoms with E-state index >= 15 is 0 Å². The summed E-state index contributed by atoms with van der Waals surface area (Å²) in [5.74, 6) is 0.618. The van der Waals surface area contributed by atoms with E-state index in [0.29, 0.717) is 31.2 Å². The van der Waals surface area contributed by atoms with Crippen LogP contribution in [0.2, 0.25) is 0 Å². The molecule has 232 valence electrons. The van der Waals surface area contributed by atoms with Gasteiger partial charge >= 0.3 is 0 Å². The number of nitrogens with zero attached hydrogens (tertiary/aromatic N) is 5. The molecular weight excluding hydrogens is 565 g/mol. The van der Waals surface area contributed by atoms with Gasteiger partial charge in [0.05, 0.1) is 37.9 Å². The van der Waals surface area contributed by atoms with Crippen molar-refractivity contribution in [2.45, 2.75) is 105 Å². The van der Waals surface area contributed by atoms with Crippen molar-refractivity contribution in [2.75, 3.05) is 32.7 Å². The fraction of sp³-hybridized carbons (Fsp3) is 0.786. The molecule has 0 amide bonds. The minimum Gasteiger partial charge on any atom is -0.378 e. The highest BCUT2D eigenvalue weighted by Crippen LogP contribution is 2.50. The fourth-order valence-electron chi connectivity index (χ4n) is 4.71. The highest BCUT2D eigenvalue weighted by molar-refractivity contribution is 8.13. The number of hydrogen-bond acceptors (Lipinski definition) is 11. The Hall–Kier alpha value is -1.24. The van der Waals surface area contributed by atoms with E-state index in [4.69, 9.17) is 23.3 Å². The van der Waals surface area contributed by atoms with Gasteiger partial charge in [0.15, 0.2) is 17.0 Å². The summed E-state index contributed by atoms with van der Waals surface area (Å²) in [4.78, 5) is 25.4. The fourth-order valence-corrected chi connectivity index (χ4v) is 7.28. The number of imidazole rings is 1. The first-order valence-electron chi connectivity index (χ1n) is 14.4. The summed E-state index contributed by atoms with van der Waals surface area (Å²) in [6.45, 7) is 19.6. The van der Waals surface area contributed by atoms with Crippen LogP contribution in [-0.4, -0.2) is 92.4 Å². The molecule has 41 heavy (non-hydrogen) atoms. The van der Waals surface area contributed by atoms with E-state index in [1.54, 1.807) is 13.4 Å². The molecule has 1 aliphatic rings. The van der Waals surface area contributed by atoms with Crippen LogP contribution in [0.3, 0.4) is 0 Å². The van der Waals surface area contributed by atoms with E-state index in [-0.39, 0.29) is 34.8 Å². The van der Waals surface area contributed by atoms with Gasteiger partial charge in [0.1, 0.15) is 24.1 Å². The minimum absolute atomic E-state index is 0.167. The molecule has 1 saturated heterocycles. The summed E-state index contributed by atoms with van der Waals surface area (Å²) >= 11 is 1.31. The zero-order valence-electron chi connectivity index (χ0n) is 26.2. The van der Waals surface area contributed by atoms with Crippen LogP contribution in [0.1, 0.15) is 73.7 Å². The molecule has 0 radical (unpaired) electrons. The van der Waals surface area contributed by atoms with Crippen LogP contribution in [0.5, 0.6) is 0 Å². The number of ether oxygens (including phenoxy) is 3. The second kappa shape index (κ2) is 15.5. The van der Waals surface area contributed by atoms with E-state index in [1.807, 2.05) is 32.3 Å². The Morgan fingerprint density at radius 3 is 2.44 bits per heavy atom. The lowest BCUT2D eigenvalue weighted by Gasteiger charge is -2.38. The van der Waals surface area contributed by atoms with Crippen LogP contribution in [-0.2, 0) is 28.1 Å². The van der Waals surface area contributed by atoms with Gasteiger partial charge in [-0.2, -0.15) is 0 Å². The molecule has 1 fully saturated rings. The molecule has 2 unspecified atom stereocenters. The van der Waals surface area contributed by atoms with Crippen LogP contribution >= 0.6 is 20.3 Å². The van der Waals surface area contributed by atoms with E-state index in [9.17, 15) is 4.79 Å². The summed E-state index contributed by atoms with van der Waals surface area (Å²) in [5, 5.41) is 0.167. The standard InChI is InChI=1S/C28H48N5O6PS/c1-11-21-23(24(35-10)26(38-21)32-17-31-22-20(6)29-16-30-25(22)32)39-40(33(18(2)3)19(4)5)37-13-12-36-14-15-41-27(34)28(7,8)9/h16-19,21,23-24,26H,11-15H2,1-10H3/t21-,23?,24+,26-,40?/m1/s1. The van der Waals surface area contributed by atoms with Crippen molar-refractivity contribution in [3.8, 4) is 0 Å². The van der Waals surface area contributed by atoms with Crippen LogP contribution in [0, 0.1) is 12.3 Å². The van der Waals surface area contributed by atoms with Gasteiger partial charge in [-0.05, 0) is 41.0 Å². The number of carbonyl (C=O) groups excluding carboxylic acids is 1. The van der Waals surface area contributed by atoms with Crippen molar-refractivity contribution in [2.24, 2.45) is 5.41 Å². The van der Waals surface area contributed by atoms with Gasteiger partial charge in [-0.15, -0.1) is 0 Å². The average Bonchev–Trinajstić information content (AvgIpc) is 3.48. The molecule has 0 aromatic carbocycles. The molecule has 2 aromatic heterocycles. The van der Waals surface area contributed by atoms with Crippen molar-refractivity contribution in [1.82, 2.24) is 24.2 Å². The van der Waals surface area contributed by atoms with Gasteiger partial charge < -0.3 is 23.3 Å². The van der Waals surface area contributed by atoms with Gasteiger partial charge in [-0.1, -0.05) is 39.5 Å². The Balaban J connectivity index is 1.71. The summed E-state index contributed by atoms with van der Waals surface area (Å²) in [6.07, 6.45) is 2.55. The SMILES string of the molecule is CC[C@H]1O[C@@H](n2cnc3c(C)ncnc32)[C@@H](OC)C1OP(OCCOCCSC(=O)C(C)(C)C)N(C(C)C)C(C)C. The van der Waals surface area contributed by atoms with Gasteiger partial charge in [-0.3, -0.25) is 9.36 Å².